The van der Waals surface area contributed by atoms with Gasteiger partial charge in [-0.05, 0) is 37.1 Å². The first-order valence-corrected chi connectivity index (χ1v) is 11.4. The molecule has 11 heteroatoms. The van der Waals surface area contributed by atoms with Gasteiger partial charge in [-0.1, -0.05) is 39.2 Å². The van der Waals surface area contributed by atoms with Crippen molar-refractivity contribution in [1.82, 2.24) is 15.7 Å². The molecule has 0 bridgehead atoms. The molecule has 3 amide bonds. The Morgan fingerprint density at radius 3 is 2.46 bits per heavy atom. The van der Waals surface area contributed by atoms with Gasteiger partial charge in [-0.3, -0.25) is 19.6 Å². The van der Waals surface area contributed by atoms with Crippen molar-refractivity contribution < 1.29 is 39.0 Å². The van der Waals surface area contributed by atoms with E-state index in [0.717, 1.165) is 19.3 Å². The molecule has 0 saturated carbocycles. The second-order valence-corrected chi connectivity index (χ2v) is 7.99. The highest BCUT2D eigenvalue weighted by Gasteiger charge is 2.30. The summed E-state index contributed by atoms with van der Waals surface area (Å²) in [5, 5.41) is 34.4. The second kappa shape index (κ2) is 13.1. The molecule has 35 heavy (non-hydrogen) atoms. The number of aromatic carboxylic acids is 1. The maximum absolute atomic E-state index is 12.8. The number of rotatable bonds is 14. The highest BCUT2D eigenvalue weighted by molar-refractivity contribution is 5.93. The monoisotopic (exact) mass is 489 g/mol. The smallest absolute Gasteiger partial charge is 0.339 e. The topological polar surface area (TPSA) is 169 Å². The molecule has 2 rings (SSSR count). The van der Waals surface area contributed by atoms with Gasteiger partial charge in [-0.25, -0.2) is 9.86 Å². The Bertz CT molecular complexity index is 1040. The SMILES string of the molecule is CCCCCC(C(=O)NCNC(=O)c1ccc(-c2ccc(C(=O)O)c(O)c2)o1)[C@@H](CC)N(O)C=O. The summed E-state index contributed by atoms with van der Waals surface area (Å²) >= 11 is 0. The van der Waals surface area contributed by atoms with E-state index in [2.05, 4.69) is 10.6 Å². The molecule has 0 aliphatic heterocycles. The maximum atomic E-state index is 12.8. The molecule has 190 valence electrons. The zero-order valence-corrected chi connectivity index (χ0v) is 19.7. The quantitative estimate of drug-likeness (QED) is 0.0886. The van der Waals surface area contributed by atoms with Gasteiger partial charge in [-0.15, -0.1) is 0 Å². The second-order valence-electron chi connectivity index (χ2n) is 7.99. The summed E-state index contributed by atoms with van der Waals surface area (Å²) in [7, 11) is 0. The van der Waals surface area contributed by atoms with Gasteiger partial charge < -0.3 is 25.3 Å². The zero-order valence-electron chi connectivity index (χ0n) is 19.7. The average Bonchev–Trinajstić information content (AvgIpc) is 3.33. The van der Waals surface area contributed by atoms with E-state index < -0.39 is 35.5 Å². The number of hydrogen-bond acceptors (Lipinski definition) is 7. The number of furan rings is 1. The maximum Gasteiger partial charge on any atom is 0.339 e. The lowest BCUT2D eigenvalue weighted by atomic mass is 9.90. The molecule has 1 unspecified atom stereocenters. The third kappa shape index (κ3) is 7.31. The molecule has 5 N–H and O–H groups in total. The van der Waals surface area contributed by atoms with Crippen molar-refractivity contribution >= 4 is 24.2 Å². The number of carbonyl (C=O) groups excluding carboxylic acids is 3. The number of hydrogen-bond donors (Lipinski definition) is 5. The Labute approximate surface area is 202 Å². The Kier molecular flexibility index (Phi) is 10.3. The van der Waals surface area contributed by atoms with Crippen molar-refractivity contribution in [3.05, 3.63) is 41.7 Å². The molecule has 11 nitrogen and oxygen atoms in total. The van der Waals surface area contributed by atoms with Crippen LogP contribution >= 0.6 is 0 Å². The lowest BCUT2D eigenvalue weighted by Gasteiger charge is -2.29. The first kappa shape index (κ1) is 27.4. The summed E-state index contributed by atoms with van der Waals surface area (Å²) in [6.07, 6.45) is 3.74. The van der Waals surface area contributed by atoms with Crippen molar-refractivity contribution in [2.75, 3.05) is 6.67 Å². The van der Waals surface area contributed by atoms with Gasteiger partial charge in [0, 0.05) is 5.56 Å². The molecule has 0 saturated heterocycles. The number of phenols is 1. The number of nitrogens with zero attached hydrogens (tertiary/aromatic N) is 1. The number of carboxylic acid groups (broad SMARTS) is 1. The van der Waals surface area contributed by atoms with Crippen molar-refractivity contribution in [3.8, 4) is 17.1 Å². The summed E-state index contributed by atoms with van der Waals surface area (Å²) in [5.74, 6) is -3.16. The van der Waals surface area contributed by atoms with E-state index in [1.807, 2.05) is 6.92 Å². The summed E-state index contributed by atoms with van der Waals surface area (Å²) in [6.45, 7) is 3.59. The van der Waals surface area contributed by atoms with E-state index >= 15 is 0 Å². The van der Waals surface area contributed by atoms with Crippen LogP contribution in [0.15, 0.2) is 34.7 Å². The molecule has 1 aromatic heterocycles. The van der Waals surface area contributed by atoms with Crippen LogP contribution in [-0.4, -0.2) is 57.4 Å². The molecule has 0 aliphatic rings. The van der Waals surface area contributed by atoms with E-state index in [0.29, 0.717) is 23.5 Å². The summed E-state index contributed by atoms with van der Waals surface area (Å²) in [4.78, 5) is 47.3. The number of amides is 3. The molecule has 2 atom stereocenters. The predicted octanol–water partition coefficient (Wildman–Crippen LogP) is 2.98. The van der Waals surface area contributed by atoms with E-state index in [1.54, 1.807) is 6.92 Å². The Hall–Kier alpha value is -3.86. The Balaban J connectivity index is 1.99. The van der Waals surface area contributed by atoms with Crippen LogP contribution in [0, 0.1) is 5.92 Å². The fourth-order valence-corrected chi connectivity index (χ4v) is 3.76. The van der Waals surface area contributed by atoms with Crippen LogP contribution in [0.2, 0.25) is 0 Å². The van der Waals surface area contributed by atoms with Gasteiger partial charge in [0.1, 0.15) is 17.1 Å². The minimum absolute atomic E-state index is 0.0514. The van der Waals surface area contributed by atoms with Crippen LogP contribution in [0.25, 0.3) is 11.3 Å². The van der Waals surface area contributed by atoms with Gasteiger partial charge >= 0.3 is 5.97 Å². The standard InChI is InChI=1S/C24H31N3O8/c1-3-5-6-7-16(18(4-2)27(34)14-28)22(30)25-13-26-23(31)21-11-10-20(35-21)15-8-9-17(24(32)33)19(29)12-15/h8-12,14,16,18,29,34H,3-7,13H2,1-2H3,(H,25,30)(H,26,31)(H,32,33)/t16?,18-/m1/s1. The highest BCUT2D eigenvalue weighted by Crippen LogP contribution is 2.28. The van der Waals surface area contributed by atoms with Crippen molar-refractivity contribution in [3.63, 3.8) is 0 Å². The fraction of sp³-hybridized carbons (Fsp3) is 0.417. The molecular weight excluding hydrogens is 458 g/mol. The van der Waals surface area contributed by atoms with Crippen molar-refractivity contribution in [2.24, 2.45) is 5.92 Å². The van der Waals surface area contributed by atoms with Gasteiger partial charge in [-0.2, -0.15) is 0 Å². The minimum Gasteiger partial charge on any atom is -0.507 e. The van der Waals surface area contributed by atoms with Crippen molar-refractivity contribution in [2.45, 2.75) is 52.0 Å². The van der Waals surface area contributed by atoms with Gasteiger partial charge in [0.2, 0.25) is 12.3 Å². The third-order valence-corrected chi connectivity index (χ3v) is 5.64. The van der Waals surface area contributed by atoms with Crippen LogP contribution < -0.4 is 10.6 Å². The van der Waals surface area contributed by atoms with Gasteiger partial charge in [0.05, 0.1) is 18.6 Å². The first-order valence-electron chi connectivity index (χ1n) is 11.4. The molecule has 0 spiro atoms. The number of carboxylic acids is 1. The van der Waals surface area contributed by atoms with Gasteiger partial charge in [0.25, 0.3) is 5.91 Å². The average molecular weight is 490 g/mol. The predicted molar refractivity (Wildman–Crippen MR) is 125 cm³/mol. The van der Waals surface area contributed by atoms with E-state index in [4.69, 9.17) is 9.52 Å². The van der Waals surface area contributed by atoms with E-state index in [-0.39, 0.29) is 30.2 Å². The number of unbranched alkanes of at least 4 members (excludes halogenated alkanes) is 2. The fourth-order valence-electron chi connectivity index (χ4n) is 3.76. The lowest BCUT2D eigenvalue weighted by molar-refractivity contribution is -0.168. The summed E-state index contributed by atoms with van der Waals surface area (Å²) in [6, 6.07) is 6.10. The van der Waals surface area contributed by atoms with Crippen molar-refractivity contribution in [1.29, 1.82) is 0 Å². The summed E-state index contributed by atoms with van der Waals surface area (Å²) in [5.41, 5.74) is 0.119. The van der Waals surface area contributed by atoms with Crippen LogP contribution in [0.3, 0.4) is 0 Å². The summed E-state index contributed by atoms with van der Waals surface area (Å²) < 4.78 is 5.50. The molecule has 0 aliphatic carbocycles. The highest BCUT2D eigenvalue weighted by atomic mass is 16.5. The molecule has 0 radical (unpaired) electrons. The van der Waals surface area contributed by atoms with Gasteiger partial charge in [0.15, 0.2) is 5.76 Å². The van der Waals surface area contributed by atoms with Crippen LogP contribution in [0.4, 0.5) is 0 Å². The Morgan fingerprint density at radius 2 is 1.86 bits per heavy atom. The molecule has 1 aromatic carbocycles. The number of aromatic hydroxyl groups is 1. The molecule has 0 fully saturated rings. The normalized spacial score (nSPS) is 12.4. The van der Waals surface area contributed by atoms with E-state index in [1.165, 1.54) is 30.3 Å². The van der Waals surface area contributed by atoms with Crippen LogP contribution in [0.5, 0.6) is 5.75 Å². The van der Waals surface area contributed by atoms with E-state index in [9.17, 15) is 29.5 Å². The third-order valence-electron chi connectivity index (χ3n) is 5.64. The van der Waals surface area contributed by atoms with Crippen LogP contribution in [0.1, 0.15) is 66.9 Å². The molecular formula is C24H31N3O8. The molecule has 2 aromatic rings. The Morgan fingerprint density at radius 1 is 1.11 bits per heavy atom. The number of carbonyl (C=O) groups is 4. The first-order chi connectivity index (χ1) is 16.7. The van der Waals surface area contributed by atoms with Crippen LogP contribution in [-0.2, 0) is 9.59 Å². The minimum atomic E-state index is -1.27. The largest absolute Gasteiger partial charge is 0.507 e. The number of nitrogens with one attached hydrogen (secondary N) is 2. The molecule has 1 heterocycles. The lowest BCUT2D eigenvalue weighted by Crippen LogP contribution is -2.47. The number of benzene rings is 1. The number of hydroxylamine groups is 2. The zero-order chi connectivity index (χ0) is 26.0.